The molecule has 2 N–H and O–H groups in total. The van der Waals surface area contributed by atoms with Gasteiger partial charge in [0.25, 0.3) is 0 Å². The van der Waals surface area contributed by atoms with Gasteiger partial charge in [0.05, 0.1) is 6.20 Å². The van der Waals surface area contributed by atoms with Gasteiger partial charge in [-0.1, -0.05) is 28.1 Å². The molecule has 2 rings (SSSR count). The number of hydrogen-bond acceptors (Lipinski definition) is 3. The Morgan fingerprint density at radius 1 is 1.18 bits per heavy atom. The van der Waals surface area contributed by atoms with Gasteiger partial charge in [0, 0.05) is 22.8 Å². The largest absolute Gasteiger partial charge is 0.487 e. The van der Waals surface area contributed by atoms with Crippen LogP contribution >= 0.6 is 15.9 Å². The van der Waals surface area contributed by atoms with Gasteiger partial charge in [0.2, 0.25) is 0 Å². The summed E-state index contributed by atoms with van der Waals surface area (Å²) in [4.78, 5) is 4.03. The summed E-state index contributed by atoms with van der Waals surface area (Å²) < 4.78 is 6.76. The Morgan fingerprint density at radius 3 is 2.65 bits per heavy atom. The third kappa shape index (κ3) is 3.28. The van der Waals surface area contributed by atoms with E-state index in [-0.39, 0.29) is 0 Å². The smallest absolute Gasteiger partial charge is 0.142 e. The van der Waals surface area contributed by atoms with Crippen molar-refractivity contribution in [1.82, 2.24) is 4.98 Å². The Hall–Kier alpha value is -1.39. The van der Waals surface area contributed by atoms with Crippen molar-refractivity contribution in [3.05, 3.63) is 58.3 Å². The monoisotopic (exact) mass is 292 g/mol. The van der Waals surface area contributed by atoms with Crippen LogP contribution in [0.1, 0.15) is 11.1 Å². The first kappa shape index (κ1) is 12.1. The molecule has 0 unspecified atom stereocenters. The second kappa shape index (κ2) is 5.80. The molecule has 1 aromatic carbocycles. The first-order valence-electron chi connectivity index (χ1n) is 5.30. The highest BCUT2D eigenvalue weighted by molar-refractivity contribution is 9.10. The molecular formula is C13H13BrN2O. The van der Waals surface area contributed by atoms with Crippen molar-refractivity contribution < 1.29 is 4.74 Å². The summed E-state index contributed by atoms with van der Waals surface area (Å²) >= 11 is 3.40. The average molecular weight is 293 g/mol. The fourth-order valence-electron chi connectivity index (χ4n) is 1.45. The minimum absolute atomic E-state index is 0.457. The fraction of sp³-hybridized carbons (Fsp3) is 0.154. The van der Waals surface area contributed by atoms with Crippen molar-refractivity contribution in [1.29, 1.82) is 0 Å². The topological polar surface area (TPSA) is 48.1 Å². The van der Waals surface area contributed by atoms with E-state index < -0.39 is 0 Å². The van der Waals surface area contributed by atoms with Gasteiger partial charge < -0.3 is 10.5 Å². The number of hydrogen-bond donors (Lipinski definition) is 1. The van der Waals surface area contributed by atoms with E-state index in [1.165, 1.54) is 0 Å². The summed E-state index contributed by atoms with van der Waals surface area (Å²) in [5.74, 6) is 0.748. The number of halogens is 1. The highest BCUT2D eigenvalue weighted by Gasteiger charge is 2.02. The van der Waals surface area contributed by atoms with E-state index in [9.17, 15) is 0 Å². The molecule has 2 aromatic rings. The van der Waals surface area contributed by atoms with Crippen molar-refractivity contribution in [2.24, 2.45) is 5.73 Å². The van der Waals surface area contributed by atoms with Crippen LogP contribution in [-0.2, 0) is 13.2 Å². The molecule has 0 bridgehead atoms. The van der Waals surface area contributed by atoms with Crippen LogP contribution in [0, 0.1) is 0 Å². The zero-order valence-corrected chi connectivity index (χ0v) is 10.9. The summed E-state index contributed by atoms with van der Waals surface area (Å²) in [6.45, 7) is 0.976. The zero-order valence-electron chi connectivity index (χ0n) is 9.27. The molecule has 0 aliphatic rings. The predicted octanol–water partition coefficient (Wildman–Crippen LogP) is 2.88. The highest BCUT2D eigenvalue weighted by atomic mass is 79.9. The van der Waals surface area contributed by atoms with Crippen molar-refractivity contribution in [3.8, 4) is 5.75 Å². The van der Waals surface area contributed by atoms with Crippen LogP contribution in [0.4, 0.5) is 0 Å². The number of aromatic nitrogens is 1. The molecule has 4 heteroatoms. The average Bonchev–Trinajstić information content (AvgIpc) is 2.38. The lowest BCUT2D eigenvalue weighted by molar-refractivity contribution is 0.301. The predicted molar refractivity (Wildman–Crippen MR) is 70.6 cm³/mol. The van der Waals surface area contributed by atoms with Crippen LogP contribution in [0.3, 0.4) is 0 Å². The van der Waals surface area contributed by atoms with Crippen LogP contribution in [-0.4, -0.2) is 4.98 Å². The highest BCUT2D eigenvalue weighted by Crippen LogP contribution is 2.18. The molecule has 0 fully saturated rings. The maximum Gasteiger partial charge on any atom is 0.142 e. The lowest BCUT2D eigenvalue weighted by Gasteiger charge is -2.09. The molecule has 0 radical (unpaired) electrons. The third-order valence-electron chi connectivity index (χ3n) is 2.40. The van der Waals surface area contributed by atoms with E-state index in [2.05, 4.69) is 20.9 Å². The molecule has 3 nitrogen and oxygen atoms in total. The summed E-state index contributed by atoms with van der Waals surface area (Å²) in [6, 6.07) is 9.89. The minimum atomic E-state index is 0.457. The lowest BCUT2D eigenvalue weighted by atomic mass is 10.2. The molecule has 88 valence electrons. The molecule has 0 aliphatic heterocycles. The second-order valence-electron chi connectivity index (χ2n) is 3.60. The molecule has 0 aliphatic carbocycles. The molecule has 0 amide bonds. The number of nitrogens with zero attached hydrogens (tertiary/aromatic N) is 1. The van der Waals surface area contributed by atoms with Crippen molar-refractivity contribution in [2.45, 2.75) is 13.2 Å². The minimum Gasteiger partial charge on any atom is -0.487 e. The Labute approximate surface area is 109 Å². The number of benzene rings is 1. The molecule has 0 saturated heterocycles. The second-order valence-corrected chi connectivity index (χ2v) is 4.52. The van der Waals surface area contributed by atoms with Gasteiger partial charge in [0.1, 0.15) is 12.4 Å². The standard InChI is InChI=1S/C13H13BrN2O/c14-12-3-1-10(2-4-12)9-17-13-8-16-6-5-11(13)7-15/h1-6,8H,7,9,15H2. The van der Waals surface area contributed by atoms with E-state index in [0.29, 0.717) is 13.2 Å². The Balaban J connectivity index is 2.04. The van der Waals surface area contributed by atoms with Gasteiger partial charge in [-0.25, -0.2) is 0 Å². The number of rotatable bonds is 4. The summed E-state index contributed by atoms with van der Waals surface area (Å²) in [7, 11) is 0. The van der Waals surface area contributed by atoms with Gasteiger partial charge in [-0.2, -0.15) is 0 Å². The molecule has 1 heterocycles. The van der Waals surface area contributed by atoms with E-state index in [1.54, 1.807) is 12.4 Å². The van der Waals surface area contributed by atoms with E-state index in [0.717, 1.165) is 21.3 Å². The van der Waals surface area contributed by atoms with Crippen molar-refractivity contribution >= 4 is 15.9 Å². The number of ether oxygens (including phenoxy) is 1. The normalized spacial score (nSPS) is 10.2. The van der Waals surface area contributed by atoms with Gasteiger partial charge in [-0.3, -0.25) is 4.98 Å². The molecule has 0 spiro atoms. The molecule has 1 aromatic heterocycles. The Bertz CT molecular complexity index is 485. The fourth-order valence-corrected chi connectivity index (χ4v) is 1.71. The Kier molecular flexibility index (Phi) is 4.12. The third-order valence-corrected chi connectivity index (χ3v) is 2.93. The maximum atomic E-state index is 5.70. The van der Waals surface area contributed by atoms with Gasteiger partial charge in [-0.05, 0) is 23.8 Å². The molecule has 0 atom stereocenters. The van der Waals surface area contributed by atoms with Crippen LogP contribution in [0.25, 0.3) is 0 Å². The van der Waals surface area contributed by atoms with Crippen LogP contribution in [0.5, 0.6) is 5.75 Å². The van der Waals surface area contributed by atoms with Crippen LogP contribution in [0.15, 0.2) is 47.2 Å². The summed E-state index contributed by atoms with van der Waals surface area (Å²) in [5.41, 5.74) is 7.71. The van der Waals surface area contributed by atoms with Gasteiger partial charge in [0.15, 0.2) is 0 Å². The van der Waals surface area contributed by atoms with E-state index in [4.69, 9.17) is 10.5 Å². The quantitative estimate of drug-likeness (QED) is 0.943. The number of pyridine rings is 1. The zero-order chi connectivity index (χ0) is 12.1. The summed E-state index contributed by atoms with van der Waals surface area (Å²) in [6.07, 6.45) is 3.41. The van der Waals surface area contributed by atoms with Gasteiger partial charge >= 0.3 is 0 Å². The van der Waals surface area contributed by atoms with Crippen LogP contribution in [0.2, 0.25) is 0 Å². The first-order chi connectivity index (χ1) is 8.29. The molecule has 17 heavy (non-hydrogen) atoms. The van der Waals surface area contributed by atoms with Crippen molar-refractivity contribution in [3.63, 3.8) is 0 Å². The maximum absolute atomic E-state index is 5.70. The Morgan fingerprint density at radius 2 is 1.94 bits per heavy atom. The molecular weight excluding hydrogens is 280 g/mol. The van der Waals surface area contributed by atoms with Crippen LogP contribution < -0.4 is 10.5 Å². The molecule has 0 saturated carbocycles. The van der Waals surface area contributed by atoms with E-state index in [1.807, 2.05) is 30.3 Å². The number of nitrogens with two attached hydrogens (primary N) is 1. The summed E-state index contributed by atoms with van der Waals surface area (Å²) in [5, 5.41) is 0. The lowest BCUT2D eigenvalue weighted by Crippen LogP contribution is -2.03. The SMILES string of the molecule is NCc1ccncc1OCc1ccc(Br)cc1. The van der Waals surface area contributed by atoms with E-state index >= 15 is 0 Å². The van der Waals surface area contributed by atoms with Crippen molar-refractivity contribution in [2.75, 3.05) is 0 Å². The first-order valence-corrected chi connectivity index (χ1v) is 6.09. The van der Waals surface area contributed by atoms with Gasteiger partial charge in [-0.15, -0.1) is 0 Å².